The number of para-hydroxylation sites is 1. The number of halogens is 1. The lowest BCUT2D eigenvalue weighted by atomic mass is 10.2. The van der Waals surface area contributed by atoms with Crippen LogP contribution in [-0.4, -0.2) is 12.0 Å². The zero-order valence-electron chi connectivity index (χ0n) is 11.3. The molecule has 3 nitrogen and oxygen atoms in total. The minimum atomic E-state index is -0.335. The van der Waals surface area contributed by atoms with Crippen LogP contribution >= 0.6 is 11.3 Å². The highest BCUT2D eigenvalue weighted by atomic mass is 32.1. The second-order valence-electron chi connectivity index (χ2n) is 4.30. The van der Waals surface area contributed by atoms with Gasteiger partial charge in [0.15, 0.2) is 11.6 Å². The van der Waals surface area contributed by atoms with Crippen LogP contribution in [-0.2, 0) is 13.2 Å². The van der Waals surface area contributed by atoms with Crippen LogP contribution in [0, 0.1) is 19.7 Å². The molecule has 0 aliphatic rings. The zero-order valence-corrected chi connectivity index (χ0v) is 12.1. The van der Waals surface area contributed by atoms with Crippen LogP contribution in [0.2, 0.25) is 0 Å². The minimum absolute atomic E-state index is 0.303. The fraction of sp³-hybridized carbons (Fsp3) is 0.357. The molecule has 102 valence electrons. The van der Waals surface area contributed by atoms with E-state index >= 15 is 0 Å². The average Bonchev–Trinajstić information content (AvgIpc) is 2.68. The maximum Gasteiger partial charge on any atom is 0.165 e. The van der Waals surface area contributed by atoms with Gasteiger partial charge in [0.1, 0.15) is 11.6 Å². The highest BCUT2D eigenvalue weighted by Gasteiger charge is 2.11. The third-order valence-electron chi connectivity index (χ3n) is 2.83. The summed E-state index contributed by atoms with van der Waals surface area (Å²) in [4.78, 5) is 5.56. The molecule has 2 rings (SSSR count). The van der Waals surface area contributed by atoms with Gasteiger partial charge < -0.3 is 10.1 Å². The van der Waals surface area contributed by atoms with E-state index in [1.54, 1.807) is 17.4 Å². The molecule has 1 aromatic carbocycles. The molecule has 0 aliphatic carbocycles. The number of hydrogen-bond donors (Lipinski definition) is 1. The van der Waals surface area contributed by atoms with E-state index in [0.29, 0.717) is 18.9 Å². The molecule has 0 aliphatic heterocycles. The number of ether oxygens (including phenoxy) is 1. The van der Waals surface area contributed by atoms with Gasteiger partial charge in [-0.05, 0) is 27.0 Å². The van der Waals surface area contributed by atoms with Crippen LogP contribution in [0.25, 0.3) is 0 Å². The average molecular weight is 280 g/mol. The zero-order chi connectivity index (χ0) is 13.8. The molecule has 2 aromatic rings. The van der Waals surface area contributed by atoms with Gasteiger partial charge in [0, 0.05) is 17.0 Å². The molecule has 0 amide bonds. The van der Waals surface area contributed by atoms with E-state index in [9.17, 15) is 4.39 Å². The minimum Gasteiger partial charge on any atom is -0.483 e. The smallest absolute Gasteiger partial charge is 0.165 e. The van der Waals surface area contributed by atoms with Crippen LogP contribution in [0.1, 0.15) is 21.1 Å². The topological polar surface area (TPSA) is 34.1 Å². The number of nitrogens with zero attached hydrogens (tertiary/aromatic N) is 1. The summed E-state index contributed by atoms with van der Waals surface area (Å²) < 4.78 is 19.4. The van der Waals surface area contributed by atoms with E-state index in [1.807, 2.05) is 27.0 Å². The number of thiazole rings is 1. The molecule has 0 saturated carbocycles. The third-order valence-corrected chi connectivity index (χ3v) is 3.87. The normalized spacial score (nSPS) is 10.7. The Kier molecular flexibility index (Phi) is 4.50. The lowest BCUT2D eigenvalue weighted by molar-refractivity contribution is 0.285. The molecule has 0 radical (unpaired) electrons. The van der Waals surface area contributed by atoms with Crippen LogP contribution in [0.5, 0.6) is 5.75 Å². The number of aromatic nitrogens is 1. The van der Waals surface area contributed by atoms with Crippen LogP contribution < -0.4 is 10.1 Å². The molecule has 1 heterocycles. The van der Waals surface area contributed by atoms with Gasteiger partial charge in [0.05, 0.1) is 5.69 Å². The van der Waals surface area contributed by atoms with Crippen molar-refractivity contribution >= 4 is 11.3 Å². The van der Waals surface area contributed by atoms with Crippen molar-refractivity contribution in [2.75, 3.05) is 7.05 Å². The van der Waals surface area contributed by atoms with E-state index in [1.165, 1.54) is 10.9 Å². The van der Waals surface area contributed by atoms with Gasteiger partial charge in [-0.3, -0.25) is 0 Å². The molecule has 0 unspecified atom stereocenters. The maximum atomic E-state index is 13.8. The number of rotatable bonds is 5. The number of nitrogens with one attached hydrogen (secondary N) is 1. The Labute approximate surface area is 116 Å². The molecule has 1 aromatic heterocycles. The number of aryl methyl sites for hydroxylation is 2. The summed E-state index contributed by atoms with van der Waals surface area (Å²) in [6.45, 7) is 4.86. The van der Waals surface area contributed by atoms with Gasteiger partial charge in [-0.25, -0.2) is 9.37 Å². The van der Waals surface area contributed by atoms with Crippen molar-refractivity contribution < 1.29 is 9.13 Å². The summed E-state index contributed by atoms with van der Waals surface area (Å²) in [7, 11) is 1.82. The van der Waals surface area contributed by atoms with Crippen molar-refractivity contribution in [2.45, 2.75) is 27.0 Å². The Morgan fingerprint density at radius 3 is 2.79 bits per heavy atom. The summed E-state index contributed by atoms with van der Waals surface area (Å²) in [6, 6.07) is 4.95. The van der Waals surface area contributed by atoms with E-state index < -0.39 is 0 Å². The Balaban J connectivity index is 2.14. The molecule has 19 heavy (non-hydrogen) atoms. The summed E-state index contributed by atoms with van der Waals surface area (Å²) >= 11 is 1.58. The summed E-state index contributed by atoms with van der Waals surface area (Å²) in [5.74, 6) is -0.0277. The lowest BCUT2D eigenvalue weighted by Gasteiger charge is -2.11. The number of hydrogen-bond acceptors (Lipinski definition) is 4. The second kappa shape index (κ2) is 6.12. The first-order valence-electron chi connectivity index (χ1n) is 6.09. The van der Waals surface area contributed by atoms with Gasteiger partial charge >= 0.3 is 0 Å². The summed E-state index contributed by atoms with van der Waals surface area (Å²) in [5.41, 5.74) is 1.82. The maximum absolute atomic E-state index is 13.8. The van der Waals surface area contributed by atoms with E-state index in [2.05, 4.69) is 10.3 Å². The first-order chi connectivity index (χ1) is 9.11. The fourth-order valence-electron chi connectivity index (χ4n) is 1.78. The monoisotopic (exact) mass is 280 g/mol. The largest absolute Gasteiger partial charge is 0.483 e. The predicted octanol–water partition coefficient (Wildman–Crippen LogP) is 3.20. The van der Waals surface area contributed by atoms with E-state index in [4.69, 9.17) is 4.74 Å². The molecular weight excluding hydrogens is 263 g/mol. The van der Waals surface area contributed by atoms with Gasteiger partial charge in [-0.2, -0.15) is 0 Å². The fourth-order valence-corrected chi connectivity index (χ4v) is 2.63. The third kappa shape index (κ3) is 3.30. The first kappa shape index (κ1) is 14.0. The predicted molar refractivity (Wildman–Crippen MR) is 75.1 cm³/mol. The van der Waals surface area contributed by atoms with Gasteiger partial charge in [0.25, 0.3) is 0 Å². The number of benzene rings is 1. The van der Waals surface area contributed by atoms with Crippen LogP contribution in [0.3, 0.4) is 0 Å². The lowest BCUT2D eigenvalue weighted by Crippen LogP contribution is -2.08. The Bertz CT molecular complexity index is 549. The van der Waals surface area contributed by atoms with Crippen LogP contribution in [0.4, 0.5) is 4.39 Å². The molecule has 1 N–H and O–H groups in total. The quantitative estimate of drug-likeness (QED) is 0.913. The highest BCUT2D eigenvalue weighted by Crippen LogP contribution is 2.25. The molecule has 5 heteroatoms. The molecular formula is C14H17FN2OS. The first-order valence-corrected chi connectivity index (χ1v) is 6.91. The SMILES string of the molecule is CNCc1cccc(F)c1OCc1nc(C)c(C)s1. The molecule has 0 atom stereocenters. The van der Waals surface area contributed by atoms with Crippen molar-refractivity contribution in [2.24, 2.45) is 0 Å². The standard InChI is InChI=1S/C14H17FN2OS/c1-9-10(2)19-13(17-9)8-18-14-11(7-16-3)5-4-6-12(14)15/h4-6,16H,7-8H2,1-3H3. The molecule has 0 spiro atoms. The van der Waals surface area contributed by atoms with E-state index in [-0.39, 0.29) is 5.82 Å². The Morgan fingerprint density at radius 2 is 2.16 bits per heavy atom. The van der Waals surface area contributed by atoms with Crippen molar-refractivity contribution in [1.29, 1.82) is 0 Å². The van der Waals surface area contributed by atoms with Gasteiger partial charge in [-0.15, -0.1) is 11.3 Å². The van der Waals surface area contributed by atoms with Crippen molar-refractivity contribution in [1.82, 2.24) is 10.3 Å². The molecule has 0 fully saturated rings. The molecule has 0 saturated heterocycles. The summed E-state index contributed by atoms with van der Waals surface area (Å²) in [5, 5.41) is 3.87. The molecule has 0 bridgehead atoms. The van der Waals surface area contributed by atoms with Crippen molar-refractivity contribution in [3.05, 3.63) is 45.2 Å². The van der Waals surface area contributed by atoms with Gasteiger partial charge in [0.2, 0.25) is 0 Å². The van der Waals surface area contributed by atoms with Crippen LogP contribution in [0.15, 0.2) is 18.2 Å². The Morgan fingerprint density at radius 1 is 1.37 bits per heavy atom. The van der Waals surface area contributed by atoms with E-state index in [0.717, 1.165) is 16.3 Å². The second-order valence-corrected chi connectivity index (χ2v) is 5.58. The Hall–Kier alpha value is -1.46. The van der Waals surface area contributed by atoms with Crippen molar-refractivity contribution in [3.8, 4) is 5.75 Å². The summed E-state index contributed by atoms with van der Waals surface area (Å²) in [6.07, 6.45) is 0. The van der Waals surface area contributed by atoms with Gasteiger partial charge in [-0.1, -0.05) is 12.1 Å². The van der Waals surface area contributed by atoms with Crippen molar-refractivity contribution in [3.63, 3.8) is 0 Å². The highest BCUT2D eigenvalue weighted by molar-refractivity contribution is 7.11.